The molecule has 19 heavy (non-hydrogen) atoms. The van der Waals surface area contributed by atoms with E-state index in [1.807, 2.05) is 6.07 Å². The van der Waals surface area contributed by atoms with Gasteiger partial charge in [0, 0.05) is 22.6 Å². The number of hydrogen-bond donors (Lipinski definition) is 2. The van der Waals surface area contributed by atoms with Gasteiger partial charge >= 0.3 is 0 Å². The number of benzene rings is 1. The largest absolute Gasteiger partial charge is 0.368 e. The lowest BCUT2D eigenvalue weighted by Gasteiger charge is -2.38. The second-order valence-corrected chi connectivity index (χ2v) is 5.81. The number of nitrogens with two attached hydrogens (primary N) is 2. The number of amides is 1. The molecule has 0 radical (unpaired) electrons. The normalized spacial score (nSPS) is 19.5. The number of primary amides is 1. The fourth-order valence-corrected chi connectivity index (χ4v) is 3.31. The lowest BCUT2D eigenvalue weighted by atomic mass is 9.98. The molecule has 0 aliphatic carbocycles. The summed E-state index contributed by atoms with van der Waals surface area (Å²) in [5, 5.41) is 0. The van der Waals surface area contributed by atoms with Crippen molar-refractivity contribution >= 4 is 27.5 Å². The van der Waals surface area contributed by atoms with Gasteiger partial charge < -0.3 is 16.4 Å². The molecule has 0 saturated carbocycles. The Kier molecular flexibility index (Phi) is 4.82. The highest BCUT2D eigenvalue weighted by Gasteiger charge is 2.23. The summed E-state index contributed by atoms with van der Waals surface area (Å²) in [5.74, 6) is -0.399. The van der Waals surface area contributed by atoms with Crippen molar-refractivity contribution in [1.82, 2.24) is 0 Å². The third-order valence-electron chi connectivity index (χ3n) is 3.67. The molecule has 5 heteroatoms. The van der Waals surface area contributed by atoms with Crippen LogP contribution in [0.4, 0.5) is 5.69 Å². The van der Waals surface area contributed by atoms with Crippen LogP contribution in [0.25, 0.3) is 0 Å². The summed E-state index contributed by atoms with van der Waals surface area (Å²) < 4.78 is 0.924. The number of carbonyl (C=O) groups excluding carboxylic acids is 1. The van der Waals surface area contributed by atoms with E-state index in [1.54, 1.807) is 12.1 Å². The fraction of sp³-hybridized carbons (Fsp3) is 0.500. The van der Waals surface area contributed by atoms with Crippen LogP contribution in [0, 0.1) is 0 Å². The molecule has 104 valence electrons. The van der Waals surface area contributed by atoms with Crippen molar-refractivity contribution < 1.29 is 4.79 Å². The van der Waals surface area contributed by atoms with Gasteiger partial charge in [-0.1, -0.05) is 0 Å². The van der Waals surface area contributed by atoms with E-state index in [0.717, 1.165) is 23.1 Å². The minimum atomic E-state index is -0.399. The monoisotopic (exact) mass is 325 g/mol. The van der Waals surface area contributed by atoms with Gasteiger partial charge in [-0.25, -0.2) is 0 Å². The molecule has 1 heterocycles. The summed E-state index contributed by atoms with van der Waals surface area (Å²) in [5.41, 5.74) is 12.7. The van der Waals surface area contributed by atoms with E-state index >= 15 is 0 Å². The standard InChI is InChI=1S/C14H20BrN3O/c15-12-9-10(14(17)19)4-5-13(12)18-8-2-1-3-11(18)6-7-16/h4-5,9,11H,1-3,6-8,16H2,(H2,17,19). The highest BCUT2D eigenvalue weighted by Crippen LogP contribution is 2.33. The van der Waals surface area contributed by atoms with Crippen LogP contribution in [0.1, 0.15) is 36.0 Å². The molecule has 1 aromatic carbocycles. The maximum Gasteiger partial charge on any atom is 0.248 e. The van der Waals surface area contributed by atoms with Crippen molar-refractivity contribution in [2.75, 3.05) is 18.0 Å². The van der Waals surface area contributed by atoms with Gasteiger partial charge in [-0.15, -0.1) is 0 Å². The molecule has 0 spiro atoms. The van der Waals surface area contributed by atoms with Crippen LogP contribution in [-0.2, 0) is 0 Å². The van der Waals surface area contributed by atoms with Crippen molar-refractivity contribution in [2.24, 2.45) is 11.5 Å². The van der Waals surface area contributed by atoms with E-state index in [2.05, 4.69) is 20.8 Å². The average molecular weight is 326 g/mol. The molecule has 0 aromatic heterocycles. The molecule has 0 bridgehead atoms. The first-order valence-corrected chi connectivity index (χ1v) is 7.49. The highest BCUT2D eigenvalue weighted by atomic mass is 79.9. The Bertz CT molecular complexity index is 462. The van der Waals surface area contributed by atoms with E-state index in [4.69, 9.17) is 11.5 Å². The predicted molar refractivity (Wildman–Crippen MR) is 81.3 cm³/mol. The van der Waals surface area contributed by atoms with Gasteiger partial charge in [0.2, 0.25) is 5.91 Å². The first-order chi connectivity index (χ1) is 9.13. The molecular weight excluding hydrogens is 306 g/mol. The van der Waals surface area contributed by atoms with Crippen LogP contribution in [0.15, 0.2) is 22.7 Å². The highest BCUT2D eigenvalue weighted by molar-refractivity contribution is 9.10. The third kappa shape index (κ3) is 3.28. The van der Waals surface area contributed by atoms with Gasteiger partial charge in [-0.2, -0.15) is 0 Å². The zero-order valence-electron chi connectivity index (χ0n) is 10.9. The summed E-state index contributed by atoms with van der Waals surface area (Å²) in [7, 11) is 0. The van der Waals surface area contributed by atoms with Gasteiger partial charge in [0.15, 0.2) is 0 Å². The van der Waals surface area contributed by atoms with Gasteiger partial charge in [0.1, 0.15) is 0 Å². The van der Waals surface area contributed by atoms with Crippen LogP contribution in [-0.4, -0.2) is 25.0 Å². The summed E-state index contributed by atoms with van der Waals surface area (Å²) >= 11 is 3.55. The summed E-state index contributed by atoms with van der Waals surface area (Å²) in [6.45, 7) is 1.75. The van der Waals surface area contributed by atoms with E-state index < -0.39 is 5.91 Å². The Morgan fingerprint density at radius 3 is 2.84 bits per heavy atom. The molecule has 4 nitrogen and oxygen atoms in total. The Labute approximate surface area is 122 Å². The van der Waals surface area contributed by atoms with Crippen LogP contribution < -0.4 is 16.4 Å². The van der Waals surface area contributed by atoms with E-state index in [1.165, 1.54) is 19.3 Å². The quantitative estimate of drug-likeness (QED) is 0.891. The third-order valence-corrected chi connectivity index (χ3v) is 4.30. The minimum Gasteiger partial charge on any atom is -0.368 e. The second kappa shape index (κ2) is 6.39. The zero-order chi connectivity index (χ0) is 13.8. The smallest absolute Gasteiger partial charge is 0.248 e. The lowest BCUT2D eigenvalue weighted by Crippen LogP contribution is -2.41. The van der Waals surface area contributed by atoms with Crippen molar-refractivity contribution in [3.05, 3.63) is 28.2 Å². The molecule has 1 aromatic rings. The second-order valence-electron chi connectivity index (χ2n) is 4.95. The van der Waals surface area contributed by atoms with Crippen molar-refractivity contribution in [3.8, 4) is 0 Å². The first-order valence-electron chi connectivity index (χ1n) is 6.69. The molecule has 1 atom stereocenters. The van der Waals surface area contributed by atoms with E-state index in [-0.39, 0.29) is 0 Å². The fourth-order valence-electron chi connectivity index (χ4n) is 2.70. The van der Waals surface area contributed by atoms with Crippen molar-refractivity contribution in [3.63, 3.8) is 0 Å². The topological polar surface area (TPSA) is 72.3 Å². The predicted octanol–water partition coefficient (Wildman–Crippen LogP) is 2.26. The molecule has 4 N–H and O–H groups in total. The number of nitrogens with zero attached hydrogens (tertiary/aromatic N) is 1. The molecule has 1 aliphatic rings. The SMILES string of the molecule is NCCC1CCCCN1c1ccc(C(N)=O)cc1Br. The average Bonchev–Trinajstić information content (AvgIpc) is 2.40. The van der Waals surface area contributed by atoms with Gasteiger partial charge in [0.25, 0.3) is 0 Å². The number of piperidine rings is 1. The Hall–Kier alpha value is -1.07. The molecule has 1 unspecified atom stereocenters. The van der Waals surface area contributed by atoms with Crippen molar-refractivity contribution in [2.45, 2.75) is 31.7 Å². The molecular formula is C14H20BrN3O. The lowest BCUT2D eigenvalue weighted by molar-refractivity contribution is 0.100. The van der Waals surface area contributed by atoms with E-state index in [9.17, 15) is 4.79 Å². The van der Waals surface area contributed by atoms with Gasteiger partial charge in [-0.05, 0) is 66.4 Å². The molecule has 1 aliphatic heterocycles. The maximum atomic E-state index is 11.2. The summed E-state index contributed by atoms with van der Waals surface area (Å²) in [6, 6.07) is 6.05. The van der Waals surface area contributed by atoms with Crippen LogP contribution in [0.2, 0.25) is 0 Å². The first kappa shape index (κ1) is 14.3. The number of rotatable bonds is 4. The molecule has 1 fully saturated rings. The maximum absolute atomic E-state index is 11.2. The Morgan fingerprint density at radius 1 is 1.42 bits per heavy atom. The van der Waals surface area contributed by atoms with Crippen molar-refractivity contribution in [1.29, 1.82) is 0 Å². The van der Waals surface area contributed by atoms with Crippen LogP contribution in [0.3, 0.4) is 0 Å². The van der Waals surface area contributed by atoms with Gasteiger partial charge in [0.05, 0.1) is 5.69 Å². The van der Waals surface area contributed by atoms with E-state index in [0.29, 0.717) is 18.2 Å². The van der Waals surface area contributed by atoms with Crippen LogP contribution in [0.5, 0.6) is 0 Å². The minimum absolute atomic E-state index is 0.399. The van der Waals surface area contributed by atoms with Gasteiger partial charge in [-0.3, -0.25) is 4.79 Å². The zero-order valence-corrected chi connectivity index (χ0v) is 12.5. The number of halogens is 1. The molecule has 1 amide bonds. The Morgan fingerprint density at radius 2 is 2.21 bits per heavy atom. The number of hydrogen-bond acceptors (Lipinski definition) is 3. The number of anilines is 1. The molecule has 2 rings (SSSR count). The summed E-state index contributed by atoms with van der Waals surface area (Å²) in [6.07, 6.45) is 4.65. The number of carbonyl (C=O) groups is 1. The molecule has 1 saturated heterocycles. The van der Waals surface area contributed by atoms with Crippen LogP contribution >= 0.6 is 15.9 Å². The summed E-state index contributed by atoms with van der Waals surface area (Å²) in [4.78, 5) is 13.6. The Balaban J connectivity index is 2.26.